The van der Waals surface area contributed by atoms with E-state index in [0.29, 0.717) is 16.8 Å². The van der Waals surface area contributed by atoms with Crippen LogP contribution in [0.5, 0.6) is 0 Å². The minimum atomic E-state index is -1.61. The number of pyridine rings is 1. The number of benzene rings is 2. The van der Waals surface area contributed by atoms with Gasteiger partial charge in [-0.15, -0.1) is 0 Å². The van der Waals surface area contributed by atoms with Crippen molar-refractivity contribution < 1.29 is 28.6 Å². The summed E-state index contributed by atoms with van der Waals surface area (Å²) in [5, 5.41) is 16.8. The fourth-order valence-electron chi connectivity index (χ4n) is 3.67. The Morgan fingerprint density at radius 2 is 1.56 bits per heavy atom. The highest BCUT2D eigenvalue weighted by atomic mass is 19.1. The van der Waals surface area contributed by atoms with Gasteiger partial charge in [-0.2, -0.15) is 0 Å². The van der Waals surface area contributed by atoms with Gasteiger partial charge in [-0.25, -0.2) is 19.0 Å². The molecule has 0 aliphatic heterocycles. The van der Waals surface area contributed by atoms with E-state index >= 15 is 0 Å². The lowest BCUT2D eigenvalue weighted by Crippen LogP contribution is -2.43. The van der Waals surface area contributed by atoms with E-state index in [-0.39, 0.29) is 18.8 Å². The highest BCUT2D eigenvalue weighted by Gasteiger charge is 2.31. The third-order valence-electron chi connectivity index (χ3n) is 5.84. The molecule has 8 nitrogen and oxygen atoms in total. The number of halogens is 1. The quantitative estimate of drug-likeness (QED) is 0.336. The molecule has 1 atom stereocenters. The first-order valence-electron chi connectivity index (χ1n) is 12.6. The van der Waals surface area contributed by atoms with Crippen molar-refractivity contribution in [1.82, 2.24) is 15.6 Å². The third-order valence-corrected chi connectivity index (χ3v) is 5.84. The van der Waals surface area contributed by atoms with Crippen LogP contribution >= 0.6 is 0 Å². The van der Waals surface area contributed by atoms with E-state index in [1.807, 2.05) is 30.3 Å². The average molecular weight is 538 g/mol. The number of hydrogen-bond donors (Lipinski definition) is 3. The topological polar surface area (TPSA) is 110 Å². The number of aromatic nitrogens is 1. The van der Waals surface area contributed by atoms with Crippen LogP contribution in [-0.2, 0) is 27.2 Å². The Labute approximate surface area is 228 Å². The summed E-state index contributed by atoms with van der Waals surface area (Å²) >= 11 is 0. The van der Waals surface area contributed by atoms with Gasteiger partial charge < -0.3 is 25.2 Å². The Hall–Kier alpha value is -3.98. The highest BCUT2D eigenvalue weighted by Crippen LogP contribution is 2.30. The molecule has 0 aliphatic carbocycles. The van der Waals surface area contributed by atoms with Crippen molar-refractivity contribution in [3.63, 3.8) is 0 Å². The number of carbonyl (C=O) groups excluding carboxylic acids is 2. The number of aliphatic hydroxyl groups is 1. The maximum Gasteiger partial charge on any atom is 0.408 e. The maximum atomic E-state index is 13.6. The SMILES string of the molecule is CC(C)(C)OC(=O)NCC(C)(O)c1cc(C(C)(C)NC(=O)OCc2ccccc2)cc(-c2ccc(F)cc2)n1. The van der Waals surface area contributed by atoms with Gasteiger partial charge >= 0.3 is 12.2 Å². The van der Waals surface area contributed by atoms with E-state index in [2.05, 4.69) is 15.6 Å². The van der Waals surface area contributed by atoms with Gasteiger partial charge in [0.05, 0.1) is 23.5 Å². The van der Waals surface area contributed by atoms with Gasteiger partial charge in [0.15, 0.2) is 0 Å². The summed E-state index contributed by atoms with van der Waals surface area (Å²) in [6, 6.07) is 18.5. The zero-order valence-electron chi connectivity index (χ0n) is 23.2. The number of rotatable bonds is 8. The standard InChI is InChI=1S/C30H36FN3O5/c1-28(2,3)39-26(35)32-19-30(6,37)25-17-22(16-24(33-25)21-12-14-23(31)15-13-21)29(4,5)34-27(36)38-18-20-10-8-7-9-11-20/h7-17,37H,18-19H2,1-6H3,(H,32,35)(H,34,36). The molecule has 0 saturated heterocycles. The molecule has 208 valence electrons. The van der Waals surface area contributed by atoms with E-state index in [0.717, 1.165) is 5.56 Å². The second-order valence-electron chi connectivity index (χ2n) is 11.1. The number of hydrogen-bond acceptors (Lipinski definition) is 6. The van der Waals surface area contributed by atoms with Gasteiger partial charge in [0.2, 0.25) is 0 Å². The molecule has 0 radical (unpaired) electrons. The minimum Gasteiger partial charge on any atom is -0.445 e. The molecule has 9 heteroatoms. The number of ether oxygens (including phenoxy) is 2. The summed E-state index contributed by atoms with van der Waals surface area (Å²) in [6.07, 6.45) is -1.30. The predicted octanol–water partition coefficient (Wildman–Crippen LogP) is 5.78. The molecular formula is C30H36FN3O5. The van der Waals surface area contributed by atoms with Crippen molar-refractivity contribution in [2.75, 3.05) is 6.54 Å². The van der Waals surface area contributed by atoms with Crippen molar-refractivity contribution in [3.05, 3.63) is 89.4 Å². The van der Waals surface area contributed by atoms with Gasteiger partial charge in [-0.05, 0) is 89.1 Å². The van der Waals surface area contributed by atoms with Crippen LogP contribution in [0.2, 0.25) is 0 Å². The predicted molar refractivity (Wildman–Crippen MR) is 146 cm³/mol. The Morgan fingerprint density at radius 1 is 0.923 bits per heavy atom. The van der Waals surface area contributed by atoms with Gasteiger partial charge in [-0.1, -0.05) is 30.3 Å². The molecule has 2 aromatic carbocycles. The maximum absolute atomic E-state index is 13.6. The average Bonchev–Trinajstić information content (AvgIpc) is 2.86. The summed E-state index contributed by atoms with van der Waals surface area (Å²) in [7, 11) is 0. The second-order valence-corrected chi connectivity index (χ2v) is 11.1. The van der Waals surface area contributed by atoms with Crippen LogP contribution in [-0.4, -0.2) is 34.4 Å². The first-order chi connectivity index (χ1) is 18.1. The van der Waals surface area contributed by atoms with Crippen LogP contribution in [0.4, 0.5) is 14.0 Å². The third kappa shape index (κ3) is 8.78. The zero-order valence-corrected chi connectivity index (χ0v) is 23.2. The van der Waals surface area contributed by atoms with E-state index < -0.39 is 34.7 Å². The normalized spacial score (nSPS) is 13.2. The Balaban J connectivity index is 1.89. The number of nitrogens with one attached hydrogen (secondary N) is 2. The fourth-order valence-corrected chi connectivity index (χ4v) is 3.67. The van der Waals surface area contributed by atoms with E-state index in [1.165, 1.54) is 19.1 Å². The number of nitrogens with zero attached hydrogens (tertiary/aromatic N) is 1. The van der Waals surface area contributed by atoms with Gasteiger partial charge in [0.1, 0.15) is 23.6 Å². The number of alkyl carbamates (subject to hydrolysis) is 2. The van der Waals surface area contributed by atoms with Crippen molar-refractivity contribution in [1.29, 1.82) is 0 Å². The molecule has 0 fully saturated rings. The van der Waals surface area contributed by atoms with Crippen molar-refractivity contribution in [3.8, 4) is 11.3 Å². The summed E-state index contributed by atoms with van der Waals surface area (Å²) in [5.41, 5.74) is -0.493. The van der Waals surface area contributed by atoms with Crippen LogP contribution in [0.1, 0.15) is 58.4 Å². The highest BCUT2D eigenvalue weighted by molar-refractivity contribution is 5.69. The van der Waals surface area contributed by atoms with Crippen molar-refractivity contribution in [2.45, 2.75) is 64.9 Å². The first kappa shape index (κ1) is 29.6. The summed E-state index contributed by atoms with van der Waals surface area (Å²) in [5.74, 6) is -0.396. The summed E-state index contributed by atoms with van der Waals surface area (Å²) < 4.78 is 24.3. The fraction of sp³-hybridized carbons (Fsp3) is 0.367. The lowest BCUT2D eigenvalue weighted by molar-refractivity contribution is 0.0297. The van der Waals surface area contributed by atoms with E-state index in [1.54, 1.807) is 58.9 Å². The van der Waals surface area contributed by atoms with Gasteiger partial charge in [0.25, 0.3) is 0 Å². The Morgan fingerprint density at radius 3 is 2.18 bits per heavy atom. The molecule has 1 heterocycles. The first-order valence-corrected chi connectivity index (χ1v) is 12.6. The molecule has 3 rings (SSSR count). The van der Waals surface area contributed by atoms with Crippen LogP contribution in [0.25, 0.3) is 11.3 Å². The smallest absolute Gasteiger partial charge is 0.408 e. The number of carbonyl (C=O) groups is 2. The van der Waals surface area contributed by atoms with Crippen LogP contribution in [0.15, 0.2) is 66.7 Å². The van der Waals surface area contributed by atoms with Crippen LogP contribution in [0, 0.1) is 5.82 Å². The molecule has 1 unspecified atom stereocenters. The zero-order chi connectivity index (χ0) is 28.8. The van der Waals surface area contributed by atoms with Crippen molar-refractivity contribution >= 4 is 12.2 Å². The Kier molecular flexibility index (Phi) is 8.96. The molecule has 2 amide bonds. The van der Waals surface area contributed by atoms with E-state index in [9.17, 15) is 19.1 Å². The van der Waals surface area contributed by atoms with Crippen LogP contribution in [0.3, 0.4) is 0 Å². The second kappa shape index (κ2) is 11.8. The monoisotopic (exact) mass is 537 g/mol. The molecular weight excluding hydrogens is 501 g/mol. The van der Waals surface area contributed by atoms with Crippen LogP contribution < -0.4 is 10.6 Å². The molecule has 0 spiro atoms. The minimum absolute atomic E-state index is 0.107. The van der Waals surface area contributed by atoms with E-state index in [4.69, 9.17) is 9.47 Å². The molecule has 3 N–H and O–H groups in total. The molecule has 3 aromatic rings. The lowest BCUT2D eigenvalue weighted by Gasteiger charge is -2.30. The lowest BCUT2D eigenvalue weighted by atomic mass is 9.89. The van der Waals surface area contributed by atoms with Gasteiger partial charge in [-0.3, -0.25) is 0 Å². The molecule has 0 aliphatic rings. The molecule has 0 bridgehead atoms. The summed E-state index contributed by atoms with van der Waals surface area (Å²) in [6.45, 7) is 10.2. The Bertz CT molecular complexity index is 1290. The summed E-state index contributed by atoms with van der Waals surface area (Å²) in [4.78, 5) is 29.5. The molecule has 0 saturated carbocycles. The van der Waals surface area contributed by atoms with Crippen molar-refractivity contribution in [2.24, 2.45) is 0 Å². The largest absolute Gasteiger partial charge is 0.445 e. The van der Waals surface area contributed by atoms with Gasteiger partial charge in [0, 0.05) is 5.56 Å². The molecule has 1 aromatic heterocycles. The molecule has 39 heavy (non-hydrogen) atoms. The number of amides is 2.